The SMILES string of the molecule is CCOC(=O)C1(C=C(c2ccc(OC)cc2)c2ccc(OC)cc2)C(=O)CN(Cc2ccccc2)C1=O. The molecule has 4 rings (SSSR count). The zero-order valence-corrected chi connectivity index (χ0v) is 21.1. The van der Waals surface area contributed by atoms with Crippen LogP contribution in [0.25, 0.3) is 5.57 Å². The Morgan fingerprint density at radius 1 is 0.865 bits per heavy atom. The van der Waals surface area contributed by atoms with Gasteiger partial charge in [0.25, 0.3) is 5.91 Å². The number of nitrogens with zero attached hydrogens (tertiary/aromatic N) is 1. The summed E-state index contributed by atoms with van der Waals surface area (Å²) in [6, 6.07) is 23.8. The highest BCUT2D eigenvalue weighted by Gasteiger charge is 2.59. The van der Waals surface area contributed by atoms with Crippen LogP contribution in [0.4, 0.5) is 0 Å². The third-order valence-electron chi connectivity index (χ3n) is 6.38. The van der Waals surface area contributed by atoms with Gasteiger partial charge in [0.05, 0.1) is 27.4 Å². The minimum atomic E-state index is -2.10. The Hall–Kier alpha value is -4.39. The van der Waals surface area contributed by atoms with E-state index in [2.05, 4.69) is 0 Å². The predicted octanol–water partition coefficient (Wildman–Crippen LogP) is 4.30. The molecule has 1 heterocycles. The molecule has 0 spiro atoms. The number of esters is 1. The summed E-state index contributed by atoms with van der Waals surface area (Å²) in [6.07, 6.45) is 1.46. The molecular weight excluding hydrogens is 470 g/mol. The molecule has 37 heavy (non-hydrogen) atoms. The van der Waals surface area contributed by atoms with Gasteiger partial charge in [-0.25, -0.2) is 0 Å². The molecule has 0 N–H and O–H groups in total. The second kappa shape index (κ2) is 11.1. The highest BCUT2D eigenvalue weighted by Crippen LogP contribution is 2.38. The maximum Gasteiger partial charge on any atom is 0.333 e. The normalized spacial score (nSPS) is 16.9. The first-order valence-electron chi connectivity index (χ1n) is 12.0. The molecule has 1 saturated heterocycles. The molecule has 7 heteroatoms. The highest BCUT2D eigenvalue weighted by molar-refractivity contribution is 6.28. The van der Waals surface area contributed by atoms with Crippen molar-refractivity contribution in [3.63, 3.8) is 0 Å². The molecule has 190 valence electrons. The lowest BCUT2D eigenvalue weighted by Gasteiger charge is -2.23. The number of hydrogen-bond donors (Lipinski definition) is 0. The molecule has 3 aromatic carbocycles. The quantitative estimate of drug-likeness (QED) is 0.323. The number of rotatable bonds is 9. The Bertz CT molecular complexity index is 1250. The van der Waals surface area contributed by atoms with Crippen molar-refractivity contribution in [1.82, 2.24) is 4.90 Å². The van der Waals surface area contributed by atoms with Gasteiger partial charge < -0.3 is 19.1 Å². The maximum absolute atomic E-state index is 13.9. The Morgan fingerprint density at radius 3 is 1.89 bits per heavy atom. The van der Waals surface area contributed by atoms with Gasteiger partial charge in [0.1, 0.15) is 11.5 Å². The third kappa shape index (κ3) is 5.11. The molecule has 3 aromatic rings. The molecule has 1 atom stereocenters. The van der Waals surface area contributed by atoms with Crippen molar-refractivity contribution in [3.8, 4) is 11.5 Å². The van der Waals surface area contributed by atoms with Crippen molar-refractivity contribution in [1.29, 1.82) is 0 Å². The van der Waals surface area contributed by atoms with Gasteiger partial charge in [-0.15, -0.1) is 0 Å². The van der Waals surface area contributed by atoms with Crippen molar-refractivity contribution < 1.29 is 28.6 Å². The molecule has 0 aromatic heterocycles. The van der Waals surface area contributed by atoms with E-state index in [1.807, 2.05) is 54.6 Å². The number of methoxy groups -OCH3 is 2. The number of carbonyl (C=O) groups is 3. The number of ketones is 1. The Labute approximate surface area is 216 Å². The Kier molecular flexibility index (Phi) is 7.72. The predicted molar refractivity (Wildman–Crippen MR) is 139 cm³/mol. The van der Waals surface area contributed by atoms with Crippen molar-refractivity contribution in [3.05, 3.63) is 102 Å². The van der Waals surface area contributed by atoms with E-state index in [1.165, 1.54) is 11.0 Å². The number of benzene rings is 3. The van der Waals surface area contributed by atoms with E-state index in [0.29, 0.717) is 28.2 Å². The number of hydrogen-bond acceptors (Lipinski definition) is 6. The lowest BCUT2D eigenvalue weighted by atomic mass is 9.80. The molecule has 1 aliphatic heterocycles. The molecule has 0 aliphatic carbocycles. The molecule has 1 aliphatic rings. The van der Waals surface area contributed by atoms with Crippen molar-refractivity contribution >= 4 is 23.2 Å². The van der Waals surface area contributed by atoms with E-state index in [4.69, 9.17) is 14.2 Å². The van der Waals surface area contributed by atoms with Crippen LogP contribution in [0.3, 0.4) is 0 Å². The average molecular weight is 500 g/mol. The summed E-state index contributed by atoms with van der Waals surface area (Å²) in [7, 11) is 3.14. The van der Waals surface area contributed by atoms with Crippen molar-refractivity contribution in [2.45, 2.75) is 13.5 Å². The Balaban J connectivity index is 1.87. The maximum atomic E-state index is 13.9. The van der Waals surface area contributed by atoms with Crippen LogP contribution in [0.15, 0.2) is 84.9 Å². The van der Waals surface area contributed by atoms with E-state index in [0.717, 1.165) is 5.56 Å². The van der Waals surface area contributed by atoms with E-state index in [1.54, 1.807) is 45.4 Å². The number of amides is 1. The summed E-state index contributed by atoms with van der Waals surface area (Å²) in [6.45, 7) is 1.70. The summed E-state index contributed by atoms with van der Waals surface area (Å²) < 4.78 is 15.9. The van der Waals surface area contributed by atoms with Gasteiger partial charge in [0, 0.05) is 6.54 Å². The van der Waals surface area contributed by atoms with E-state index < -0.39 is 23.1 Å². The fourth-order valence-electron chi connectivity index (χ4n) is 4.41. The topological polar surface area (TPSA) is 82.1 Å². The summed E-state index contributed by atoms with van der Waals surface area (Å²) in [5, 5.41) is 0. The summed E-state index contributed by atoms with van der Waals surface area (Å²) in [4.78, 5) is 42.3. The summed E-state index contributed by atoms with van der Waals surface area (Å²) in [5.41, 5.74) is 0.716. The Morgan fingerprint density at radius 2 is 1.41 bits per heavy atom. The molecule has 0 saturated carbocycles. The standard InChI is InChI=1S/C30H29NO6/c1-4-37-29(34)30(27(32)20-31(28(30)33)19-21-8-6-5-7-9-21)18-26(22-10-14-24(35-2)15-11-22)23-12-16-25(36-3)17-13-23/h5-18H,4,19-20H2,1-3H3. The fourth-order valence-corrected chi connectivity index (χ4v) is 4.41. The minimum Gasteiger partial charge on any atom is -0.497 e. The zero-order chi connectivity index (χ0) is 26.4. The zero-order valence-electron chi connectivity index (χ0n) is 21.1. The second-order valence-electron chi connectivity index (χ2n) is 8.61. The van der Waals surface area contributed by atoms with Crippen LogP contribution >= 0.6 is 0 Å². The molecule has 0 radical (unpaired) electrons. The van der Waals surface area contributed by atoms with Gasteiger partial charge in [0.2, 0.25) is 5.41 Å². The van der Waals surface area contributed by atoms with Gasteiger partial charge in [-0.1, -0.05) is 54.6 Å². The first-order chi connectivity index (χ1) is 17.9. The van der Waals surface area contributed by atoms with Crippen LogP contribution in [-0.4, -0.2) is 49.9 Å². The van der Waals surface area contributed by atoms with Gasteiger partial charge in [0.15, 0.2) is 5.78 Å². The van der Waals surface area contributed by atoms with Crippen molar-refractivity contribution in [2.24, 2.45) is 5.41 Å². The van der Waals surface area contributed by atoms with Crippen LogP contribution in [0, 0.1) is 5.41 Å². The molecule has 1 amide bonds. The van der Waals surface area contributed by atoms with Gasteiger partial charge in [-0.2, -0.15) is 0 Å². The number of Topliss-reactive ketones (excluding diaryl/α,β-unsaturated/α-hetero) is 1. The number of likely N-dealkylation sites (tertiary alicyclic amines) is 1. The van der Waals surface area contributed by atoms with E-state index in [-0.39, 0.29) is 19.7 Å². The first-order valence-corrected chi connectivity index (χ1v) is 12.0. The van der Waals surface area contributed by atoms with Gasteiger partial charge in [-0.3, -0.25) is 14.4 Å². The van der Waals surface area contributed by atoms with Crippen molar-refractivity contribution in [2.75, 3.05) is 27.4 Å². The second-order valence-corrected chi connectivity index (χ2v) is 8.61. The largest absolute Gasteiger partial charge is 0.497 e. The molecule has 0 bridgehead atoms. The van der Waals surface area contributed by atoms with Crippen LogP contribution in [0.2, 0.25) is 0 Å². The number of carbonyl (C=O) groups excluding carboxylic acids is 3. The van der Waals surface area contributed by atoms with Crippen LogP contribution < -0.4 is 9.47 Å². The van der Waals surface area contributed by atoms with Gasteiger partial charge in [-0.05, 0) is 59.5 Å². The average Bonchev–Trinajstić information content (AvgIpc) is 3.17. The first kappa shape index (κ1) is 25.7. The third-order valence-corrected chi connectivity index (χ3v) is 6.38. The molecule has 7 nitrogen and oxygen atoms in total. The van der Waals surface area contributed by atoms with Gasteiger partial charge >= 0.3 is 5.97 Å². The van der Waals surface area contributed by atoms with Crippen LogP contribution in [0.1, 0.15) is 23.6 Å². The summed E-state index contributed by atoms with van der Waals surface area (Å²) >= 11 is 0. The molecular formula is C30H29NO6. The summed E-state index contributed by atoms with van der Waals surface area (Å²) in [5.74, 6) is -0.689. The van der Waals surface area contributed by atoms with E-state index >= 15 is 0 Å². The smallest absolute Gasteiger partial charge is 0.333 e. The van der Waals surface area contributed by atoms with Crippen LogP contribution in [-0.2, 0) is 25.7 Å². The monoisotopic (exact) mass is 499 g/mol. The van der Waals surface area contributed by atoms with Crippen LogP contribution in [0.5, 0.6) is 11.5 Å². The lowest BCUT2D eigenvalue weighted by molar-refractivity contribution is -0.159. The molecule has 1 fully saturated rings. The molecule has 1 unspecified atom stereocenters. The minimum absolute atomic E-state index is 0.0358. The fraction of sp³-hybridized carbons (Fsp3) is 0.233. The number of ether oxygens (including phenoxy) is 3. The highest BCUT2D eigenvalue weighted by atomic mass is 16.5. The lowest BCUT2D eigenvalue weighted by Crippen LogP contribution is -2.43. The van der Waals surface area contributed by atoms with E-state index in [9.17, 15) is 14.4 Å².